The second-order valence-corrected chi connectivity index (χ2v) is 5.40. The summed E-state index contributed by atoms with van der Waals surface area (Å²) in [6.45, 7) is 0.174. The molecule has 2 atom stereocenters. The molecule has 7 nitrogen and oxygen atoms in total. The van der Waals surface area contributed by atoms with Crippen molar-refractivity contribution in [1.29, 1.82) is 0 Å². The molecule has 1 aliphatic rings. The van der Waals surface area contributed by atoms with E-state index in [-0.39, 0.29) is 24.5 Å². The molecule has 10 heteroatoms. The van der Waals surface area contributed by atoms with E-state index in [1.807, 2.05) is 0 Å². The van der Waals surface area contributed by atoms with Crippen LogP contribution in [0.2, 0.25) is 0 Å². The van der Waals surface area contributed by atoms with Gasteiger partial charge in [-0.3, -0.25) is 4.90 Å². The number of likely N-dealkylation sites (tertiary alicyclic amines) is 1. The zero-order chi connectivity index (χ0) is 17.2. The molecule has 0 spiro atoms. The van der Waals surface area contributed by atoms with Crippen LogP contribution in [0.5, 0.6) is 0 Å². The molecule has 1 aliphatic heterocycles. The summed E-state index contributed by atoms with van der Waals surface area (Å²) in [6.07, 6.45) is -4.16. The summed E-state index contributed by atoms with van der Waals surface area (Å²) in [5.74, 6) is 5.42. The van der Waals surface area contributed by atoms with E-state index in [2.05, 4.69) is 10.4 Å². The number of nitrogens with zero attached hydrogens (tertiary/aromatic N) is 3. The number of hydrogen-bond acceptors (Lipinski definition) is 5. The van der Waals surface area contributed by atoms with E-state index in [4.69, 9.17) is 10.9 Å². The SMILES string of the molecule is CN(C(=O)O)[C@@H]1CCN([C@@H](c2ccc(NN)nc2)C(F)(F)F)C1. The van der Waals surface area contributed by atoms with Crippen molar-refractivity contribution in [2.45, 2.75) is 24.7 Å². The minimum absolute atomic E-state index is 0.00451. The fourth-order valence-corrected chi connectivity index (χ4v) is 2.73. The molecule has 2 rings (SSSR count). The van der Waals surface area contributed by atoms with Crippen LogP contribution in [-0.2, 0) is 0 Å². The molecule has 128 valence electrons. The van der Waals surface area contributed by atoms with Gasteiger partial charge in [-0.05, 0) is 18.1 Å². The van der Waals surface area contributed by atoms with Gasteiger partial charge in [-0.25, -0.2) is 15.6 Å². The summed E-state index contributed by atoms with van der Waals surface area (Å²) in [5.41, 5.74) is 2.25. The number of carbonyl (C=O) groups is 1. The molecule has 1 amide bonds. The first-order valence-corrected chi connectivity index (χ1v) is 6.93. The maximum Gasteiger partial charge on any atom is 0.408 e. The van der Waals surface area contributed by atoms with E-state index >= 15 is 0 Å². The fraction of sp³-hybridized carbons (Fsp3) is 0.538. The number of likely N-dealkylation sites (N-methyl/N-ethyl adjacent to an activating group) is 1. The van der Waals surface area contributed by atoms with Gasteiger partial charge < -0.3 is 15.4 Å². The predicted octanol–water partition coefficient (Wildman–Crippen LogP) is 1.65. The second-order valence-electron chi connectivity index (χ2n) is 5.40. The fourth-order valence-electron chi connectivity index (χ4n) is 2.73. The summed E-state index contributed by atoms with van der Waals surface area (Å²) in [7, 11) is 1.36. The normalized spacial score (nSPS) is 20.3. The number of aromatic nitrogens is 1. The predicted molar refractivity (Wildman–Crippen MR) is 76.6 cm³/mol. The highest BCUT2D eigenvalue weighted by atomic mass is 19.4. The number of nitrogen functional groups attached to an aromatic ring is 1. The molecule has 0 bridgehead atoms. The molecular weight excluding hydrogens is 315 g/mol. The maximum absolute atomic E-state index is 13.5. The molecule has 0 radical (unpaired) electrons. The highest BCUT2D eigenvalue weighted by Gasteiger charge is 2.47. The minimum atomic E-state index is -4.49. The Morgan fingerprint density at radius 1 is 1.57 bits per heavy atom. The molecular formula is C13H18F3N5O2. The number of hydrazine groups is 1. The van der Waals surface area contributed by atoms with Crippen LogP contribution in [-0.4, -0.2) is 58.3 Å². The number of halogens is 3. The minimum Gasteiger partial charge on any atom is -0.465 e. The van der Waals surface area contributed by atoms with Crippen LogP contribution in [0.3, 0.4) is 0 Å². The van der Waals surface area contributed by atoms with Crippen molar-refractivity contribution in [2.75, 3.05) is 25.6 Å². The number of anilines is 1. The number of hydrogen-bond donors (Lipinski definition) is 3. The zero-order valence-electron chi connectivity index (χ0n) is 12.4. The lowest BCUT2D eigenvalue weighted by atomic mass is 10.1. The molecule has 0 unspecified atom stereocenters. The van der Waals surface area contributed by atoms with Gasteiger partial charge in [-0.1, -0.05) is 6.07 Å². The van der Waals surface area contributed by atoms with Crippen LogP contribution < -0.4 is 11.3 Å². The Kier molecular flexibility index (Phi) is 4.95. The number of nitrogens with two attached hydrogens (primary N) is 1. The van der Waals surface area contributed by atoms with Crippen molar-refractivity contribution in [1.82, 2.24) is 14.8 Å². The topological polar surface area (TPSA) is 94.7 Å². The Hall–Kier alpha value is -2.07. The van der Waals surface area contributed by atoms with E-state index in [0.717, 1.165) is 11.1 Å². The van der Waals surface area contributed by atoms with Gasteiger partial charge in [0, 0.05) is 32.4 Å². The Morgan fingerprint density at radius 3 is 2.74 bits per heavy atom. The third-order valence-electron chi connectivity index (χ3n) is 3.97. The number of amides is 1. The average Bonchev–Trinajstić information content (AvgIpc) is 2.95. The second kappa shape index (κ2) is 6.59. The molecule has 1 fully saturated rings. The third-order valence-corrected chi connectivity index (χ3v) is 3.97. The summed E-state index contributed by atoms with van der Waals surface area (Å²) in [6, 6.07) is 0.392. The van der Waals surface area contributed by atoms with Crippen molar-refractivity contribution in [3.63, 3.8) is 0 Å². The van der Waals surface area contributed by atoms with E-state index in [1.165, 1.54) is 24.1 Å². The van der Waals surface area contributed by atoms with Crippen LogP contribution in [0.25, 0.3) is 0 Å². The Labute approximate surface area is 130 Å². The lowest BCUT2D eigenvalue weighted by molar-refractivity contribution is -0.184. The van der Waals surface area contributed by atoms with Gasteiger partial charge >= 0.3 is 12.3 Å². The van der Waals surface area contributed by atoms with Gasteiger partial charge in [0.2, 0.25) is 0 Å². The van der Waals surface area contributed by atoms with Crippen LogP contribution in [0.1, 0.15) is 18.0 Å². The van der Waals surface area contributed by atoms with Gasteiger partial charge in [-0.15, -0.1) is 0 Å². The van der Waals surface area contributed by atoms with Crippen molar-refractivity contribution < 1.29 is 23.1 Å². The number of rotatable bonds is 4. The molecule has 0 saturated carbocycles. The maximum atomic E-state index is 13.5. The smallest absolute Gasteiger partial charge is 0.408 e. The number of carboxylic acid groups (broad SMARTS) is 1. The highest BCUT2D eigenvalue weighted by Crippen LogP contribution is 2.39. The Morgan fingerprint density at radius 2 is 2.26 bits per heavy atom. The first kappa shape index (κ1) is 17.3. The number of pyridine rings is 1. The highest BCUT2D eigenvalue weighted by molar-refractivity contribution is 5.65. The molecule has 1 aromatic rings. The summed E-state index contributed by atoms with van der Waals surface area (Å²) in [4.78, 5) is 17.1. The van der Waals surface area contributed by atoms with Gasteiger partial charge in [0.15, 0.2) is 0 Å². The van der Waals surface area contributed by atoms with Gasteiger partial charge in [0.1, 0.15) is 11.9 Å². The summed E-state index contributed by atoms with van der Waals surface area (Å²) in [5, 5.41) is 8.96. The summed E-state index contributed by atoms with van der Waals surface area (Å²) >= 11 is 0. The Balaban J connectivity index is 2.21. The Bertz CT molecular complexity index is 552. The first-order chi connectivity index (χ1) is 10.7. The molecule has 0 aliphatic carbocycles. The summed E-state index contributed by atoms with van der Waals surface area (Å²) < 4.78 is 40.5. The van der Waals surface area contributed by atoms with Crippen molar-refractivity contribution >= 4 is 11.9 Å². The van der Waals surface area contributed by atoms with Crippen LogP contribution in [0, 0.1) is 0 Å². The van der Waals surface area contributed by atoms with Crippen LogP contribution >= 0.6 is 0 Å². The van der Waals surface area contributed by atoms with Crippen molar-refractivity contribution in [3.8, 4) is 0 Å². The number of alkyl halides is 3. The largest absolute Gasteiger partial charge is 0.465 e. The molecule has 23 heavy (non-hydrogen) atoms. The van der Waals surface area contributed by atoms with Crippen molar-refractivity contribution in [3.05, 3.63) is 23.9 Å². The lowest BCUT2D eigenvalue weighted by Gasteiger charge is -2.30. The molecule has 1 saturated heterocycles. The average molecular weight is 333 g/mol. The molecule has 2 heterocycles. The van der Waals surface area contributed by atoms with Crippen molar-refractivity contribution in [2.24, 2.45) is 5.84 Å². The molecule has 0 aromatic carbocycles. The standard InChI is InChI=1S/C13H18F3N5O2/c1-20(12(22)23)9-4-5-21(7-9)11(13(14,15)16)8-2-3-10(19-17)18-6-8/h2-3,6,9,11H,4-5,7,17H2,1H3,(H,18,19)(H,22,23)/t9-,11+/m1/s1. The number of nitrogens with one attached hydrogen (secondary N) is 1. The van der Waals surface area contributed by atoms with Gasteiger partial charge in [0.05, 0.1) is 0 Å². The van der Waals surface area contributed by atoms with Crippen LogP contribution in [0.4, 0.5) is 23.8 Å². The van der Waals surface area contributed by atoms with E-state index in [1.54, 1.807) is 0 Å². The monoisotopic (exact) mass is 333 g/mol. The van der Waals surface area contributed by atoms with E-state index in [9.17, 15) is 18.0 Å². The molecule has 4 N–H and O–H groups in total. The van der Waals surface area contributed by atoms with E-state index in [0.29, 0.717) is 6.42 Å². The first-order valence-electron chi connectivity index (χ1n) is 6.93. The quantitative estimate of drug-likeness (QED) is 0.573. The zero-order valence-corrected chi connectivity index (χ0v) is 12.4. The lowest BCUT2D eigenvalue weighted by Crippen LogP contribution is -2.41. The van der Waals surface area contributed by atoms with Gasteiger partial charge in [0.25, 0.3) is 0 Å². The van der Waals surface area contributed by atoms with Gasteiger partial charge in [-0.2, -0.15) is 13.2 Å². The van der Waals surface area contributed by atoms with E-state index < -0.39 is 24.4 Å². The molecule has 1 aromatic heterocycles. The third kappa shape index (κ3) is 3.82. The van der Waals surface area contributed by atoms with Crippen LogP contribution in [0.15, 0.2) is 18.3 Å².